The van der Waals surface area contributed by atoms with Crippen molar-refractivity contribution in [2.24, 2.45) is 5.92 Å². The third kappa shape index (κ3) is 5.07. The lowest BCUT2D eigenvalue weighted by atomic mass is 10.1. The monoisotopic (exact) mass is 312 g/mol. The fourth-order valence-corrected chi connectivity index (χ4v) is 2.81. The number of aromatic nitrogens is 1. The van der Waals surface area contributed by atoms with Gasteiger partial charge in [0.2, 0.25) is 0 Å². The van der Waals surface area contributed by atoms with Gasteiger partial charge in [-0.25, -0.2) is 0 Å². The molecule has 0 aliphatic rings. The van der Waals surface area contributed by atoms with Crippen molar-refractivity contribution in [1.82, 2.24) is 9.88 Å². The number of halogens is 1. The second-order valence-electron chi connectivity index (χ2n) is 5.31. The summed E-state index contributed by atoms with van der Waals surface area (Å²) in [5.41, 5.74) is 1.29. The Balaban J connectivity index is 2.77. The standard InChI is InChI=1S/C15H25BrN2/c1-5-15(6-2)18(10-12(3)4)11-13-7-14(16)9-17-8-13/h7-9,12,15H,5-6,10-11H2,1-4H3. The van der Waals surface area contributed by atoms with Crippen LogP contribution >= 0.6 is 15.9 Å². The fraction of sp³-hybridized carbons (Fsp3) is 0.667. The van der Waals surface area contributed by atoms with E-state index in [0.717, 1.165) is 17.6 Å². The lowest BCUT2D eigenvalue weighted by molar-refractivity contribution is 0.157. The van der Waals surface area contributed by atoms with Crippen LogP contribution in [0.4, 0.5) is 0 Å². The Morgan fingerprint density at radius 3 is 2.39 bits per heavy atom. The van der Waals surface area contributed by atoms with Crippen LogP contribution in [0.1, 0.15) is 46.1 Å². The molecule has 18 heavy (non-hydrogen) atoms. The summed E-state index contributed by atoms with van der Waals surface area (Å²) < 4.78 is 1.06. The molecule has 3 heteroatoms. The second kappa shape index (κ2) is 7.90. The third-order valence-corrected chi connectivity index (χ3v) is 3.64. The lowest BCUT2D eigenvalue weighted by Gasteiger charge is -2.32. The predicted octanol–water partition coefficient (Wildman–Crippen LogP) is 4.49. The average molecular weight is 313 g/mol. The Morgan fingerprint density at radius 2 is 1.89 bits per heavy atom. The largest absolute Gasteiger partial charge is 0.296 e. The summed E-state index contributed by atoms with van der Waals surface area (Å²) in [6.07, 6.45) is 6.24. The summed E-state index contributed by atoms with van der Waals surface area (Å²) in [4.78, 5) is 6.85. The molecule has 0 radical (unpaired) electrons. The number of nitrogens with zero attached hydrogens (tertiary/aromatic N) is 2. The number of hydrogen-bond acceptors (Lipinski definition) is 2. The number of rotatable bonds is 7. The molecule has 0 aliphatic carbocycles. The zero-order chi connectivity index (χ0) is 13.5. The summed E-state index contributed by atoms with van der Waals surface area (Å²) in [6.45, 7) is 11.3. The van der Waals surface area contributed by atoms with Gasteiger partial charge in [0.15, 0.2) is 0 Å². The van der Waals surface area contributed by atoms with Gasteiger partial charge in [-0.3, -0.25) is 9.88 Å². The molecule has 0 aliphatic heterocycles. The first kappa shape index (κ1) is 15.6. The Hall–Kier alpha value is -0.410. The van der Waals surface area contributed by atoms with Gasteiger partial charge in [-0.1, -0.05) is 27.7 Å². The topological polar surface area (TPSA) is 16.1 Å². The maximum absolute atomic E-state index is 4.25. The van der Waals surface area contributed by atoms with E-state index in [1.807, 2.05) is 12.4 Å². The second-order valence-corrected chi connectivity index (χ2v) is 6.22. The van der Waals surface area contributed by atoms with Crippen LogP contribution in [0.3, 0.4) is 0 Å². The molecule has 1 aromatic rings. The molecule has 1 aromatic heterocycles. The van der Waals surface area contributed by atoms with E-state index in [1.165, 1.54) is 18.4 Å². The summed E-state index contributed by atoms with van der Waals surface area (Å²) in [7, 11) is 0. The zero-order valence-corrected chi connectivity index (χ0v) is 13.6. The van der Waals surface area contributed by atoms with Crippen molar-refractivity contribution in [3.8, 4) is 0 Å². The van der Waals surface area contributed by atoms with Crippen LogP contribution in [-0.4, -0.2) is 22.5 Å². The summed E-state index contributed by atoms with van der Waals surface area (Å²) >= 11 is 3.49. The molecule has 0 amide bonds. The van der Waals surface area contributed by atoms with E-state index in [-0.39, 0.29) is 0 Å². The molecule has 1 heterocycles. The van der Waals surface area contributed by atoms with Gasteiger partial charge in [0.1, 0.15) is 0 Å². The van der Waals surface area contributed by atoms with E-state index in [4.69, 9.17) is 0 Å². The average Bonchev–Trinajstić information content (AvgIpc) is 2.29. The van der Waals surface area contributed by atoms with Gasteiger partial charge in [0.05, 0.1) is 0 Å². The molecular weight excluding hydrogens is 288 g/mol. The van der Waals surface area contributed by atoms with Crippen LogP contribution in [0, 0.1) is 5.92 Å². The molecule has 102 valence electrons. The normalized spacial score (nSPS) is 11.8. The van der Waals surface area contributed by atoms with E-state index in [0.29, 0.717) is 12.0 Å². The molecule has 0 spiro atoms. The van der Waals surface area contributed by atoms with E-state index in [2.05, 4.69) is 59.6 Å². The van der Waals surface area contributed by atoms with Gasteiger partial charge in [-0.2, -0.15) is 0 Å². The summed E-state index contributed by atoms with van der Waals surface area (Å²) in [5, 5.41) is 0. The van der Waals surface area contributed by atoms with Crippen molar-refractivity contribution in [2.45, 2.75) is 53.1 Å². The number of pyridine rings is 1. The minimum atomic E-state index is 0.673. The molecule has 0 atom stereocenters. The highest BCUT2D eigenvalue weighted by Crippen LogP contribution is 2.17. The van der Waals surface area contributed by atoms with Crippen molar-refractivity contribution in [2.75, 3.05) is 6.54 Å². The molecule has 2 nitrogen and oxygen atoms in total. The van der Waals surface area contributed by atoms with Crippen LogP contribution in [-0.2, 0) is 6.54 Å². The molecular formula is C15H25BrN2. The first-order valence-corrected chi connectivity index (χ1v) is 7.69. The first-order valence-electron chi connectivity index (χ1n) is 6.90. The van der Waals surface area contributed by atoms with E-state index >= 15 is 0 Å². The van der Waals surface area contributed by atoms with Crippen LogP contribution in [0.25, 0.3) is 0 Å². The quantitative estimate of drug-likeness (QED) is 0.737. The van der Waals surface area contributed by atoms with Crippen LogP contribution < -0.4 is 0 Å². The maximum Gasteiger partial charge on any atom is 0.0410 e. The molecule has 1 rings (SSSR count). The minimum absolute atomic E-state index is 0.673. The van der Waals surface area contributed by atoms with E-state index in [9.17, 15) is 0 Å². The Bertz CT molecular complexity index is 348. The highest BCUT2D eigenvalue weighted by molar-refractivity contribution is 9.10. The number of hydrogen-bond donors (Lipinski definition) is 0. The smallest absolute Gasteiger partial charge is 0.0410 e. The van der Waals surface area contributed by atoms with E-state index < -0.39 is 0 Å². The Labute approximate surface area is 120 Å². The third-order valence-electron chi connectivity index (χ3n) is 3.21. The van der Waals surface area contributed by atoms with Crippen LogP contribution in [0.5, 0.6) is 0 Å². The molecule has 0 saturated carbocycles. The lowest BCUT2D eigenvalue weighted by Crippen LogP contribution is -2.36. The van der Waals surface area contributed by atoms with Crippen molar-refractivity contribution >= 4 is 15.9 Å². The van der Waals surface area contributed by atoms with E-state index in [1.54, 1.807) is 0 Å². The predicted molar refractivity (Wildman–Crippen MR) is 81.6 cm³/mol. The van der Waals surface area contributed by atoms with Gasteiger partial charge in [-0.15, -0.1) is 0 Å². The molecule has 0 N–H and O–H groups in total. The van der Waals surface area contributed by atoms with Crippen LogP contribution in [0.15, 0.2) is 22.9 Å². The molecule has 0 bridgehead atoms. The minimum Gasteiger partial charge on any atom is -0.296 e. The van der Waals surface area contributed by atoms with Crippen molar-refractivity contribution in [3.63, 3.8) is 0 Å². The maximum atomic E-state index is 4.25. The van der Waals surface area contributed by atoms with Gasteiger partial charge in [-0.05, 0) is 46.3 Å². The first-order chi connectivity index (χ1) is 8.56. The van der Waals surface area contributed by atoms with Gasteiger partial charge in [0, 0.05) is 36.0 Å². The van der Waals surface area contributed by atoms with Crippen LogP contribution in [0.2, 0.25) is 0 Å². The molecule has 0 fully saturated rings. The zero-order valence-electron chi connectivity index (χ0n) is 12.0. The summed E-state index contributed by atoms with van der Waals surface area (Å²) in [5.74, 6) is 0.700. The van der Waals surface area contributed by atoms with Crippen molar-refractivity contribution < 1.29 is 0 Å². The van der Waals surface area contributed by atoms with Crippen molar-refractivity contribution in [3.05, 3.63) is 28.5 Å². The molecule has 0 aromatic carbocycles. The molecule has 0 saturated heterocycles. The fourth-order valence-electron chi connectivity index (χ4n) is 2.39. The molecule has 0 unspecified atom stereocenters. The highest BCUT2D eigenvalue weighted by Gasteiger charge is 2.16. The SMILES string of the molecule is CCC(CC)N(Cc1cncc(Br)c1)CC(C)C. The highest BCUT2D eigenvalue weighted by atomic mass is 79.9. The Morgan fingerprint density at radius 1 is 1.22 bits per heavy atom. The van der Waals surface area contributed by atoms with Crippen molar-refractivity contribution in [1.29, 1.82) is 0 Å². The summed E-state index contributed by atoms with van der Waals surface area (Å²) in [6, 6.07) is 2.84. The van der Waals surface area contributed by atoms with Gasteiger partial charge >= 0.3 is 0 Å². The Kier molecular flexibility index (Phi) is 6.87. The van der Waals surface area contributed by atoms with Gasteiger partial charge in [0.25, 0.3) is 0 Å². The van der Waals surface area contributed by atoms with Gasteiger partial charge < -0.3 is 0 Å².